The first kappa shape index (κ1) is 16.4. The Morgan fingerprint density at radius 1 is 1.32 bits per heavy atom. The summed E-state index contributed by atoms with van der Waals surface area (Å²) >= 11 is 1.22. The van der Waals surface area contributed by atoms with Gasteiger partial charge in [0.2, 0.25) is 0 Å². The molecule has 25 heavy (non-hydrogen) atoms. The first-order valence-electron chi connectivity index (χ1n) is 7.16. The number of anilines is 2. The van der Waals surface area contributed by atoms with Gasteiger partial charge in [-0.15, -0.1) is 11.3 Å². The first-order valence-corrected chi connectivity index (χ1v) is 8.04. The van der Waals surface area contributed by atoms with E-state index in [1.807, 2.05) is 12.1 Å². The van der Waals surface area contributed by atoms with Gasteiger partial charge >= 0.3 is 0 Å². The second-order valence-corrected chi connectivity index (χ2v) is 5.86. The molecular weight excluding hydrogens is 340 g/mol. The summed E-state index contributed by atoms with van der Waals surface area (Å²) in [6, 6.07) is 10.6. The topological polar surface area (TPSA) is 127 Å². The maximum absolute atomic E-state index is 12.2. The number of carbonyl (C=O) groups is 2. The van der Waals surface area contributed by atoms with Gasteiger partial charge in [-0.3, -0.25) is 14.9 Å². The van der Waals surface area contributed by atoms with Crippen molar-refractivity contribution in [2.75, 3.05) is 11.1 Å². The maximum atomic E-state index is 12.2. The molecule has 0 fully saturated rings. The Labute approximate surface area is 146 Å². The third-order valence-electron chi connectivity index (χ3n) is 3.30. The van der Waals surface area contributed by atoms with Crippen molar-refractivity contribution in [1.29, 1.82) is 5.26 Å². The molecule has 0 spiro atoms. The summed E-state index contributed by atoms with van der Waals surface area (Å²) in [6.45, 7) is 0. The lowest BCUT2D eigenvalue weighted by molar-refractivity contribution is 0.0900. The van der Waals surface area contributed by atoms with Crippen molar-refractivity contribution in [3.8, 4) is 6.07 Å². The molecular formula is C16H12N6O2S. The van der Waals surface area contributed by atoms with E-state index in [4.69, 9.17) is 11.0 Å². The third-order valence-corrected chi connectivity index (χ3v) is 4.11. The van der Waals surface area contributed by atoms with Crippen molar-refractivity contribution in [2.24, 2.45) is 0 Å². The number of benzene rings is 1. The zero-order valence-corrected chi connectivity index (χ0v) is 13.7. The molecule has 0 atom stereocenters. The van der Waals surface area contributed by atoms with Crippen LogP contribution in [0.25, 0.3) is 0 Å². The molecule has 124 valence electrons. The molecule has 0 saturated carbocycles. The summed E-state index contributed by atoms with van der Waals surface area (Å²) in [6.07, 6.45) is 1.19. The van der Waals surface area contributed by atoms with E-state index in [1.165, 1.54) is 17.5 Å². The molecule has 9 heteroatoms. The van der Waals surface area contributed by atoms with Crippen LogP contribution in [0, 0.1) is 11.3 Å². The predicted molar refractivity (Wildman–Crippen MR) is 92.2 cm³/mol. The van der Waals surface area contributed by atoms with E-state index in [2.05, 4.69) is 15.4 Å². The number of nitrogens with zero attached hydrogens (tertiary/aromatic N) is 4. The van der Waals surface area contributed by atoms with Crippen LogP contribution in [-0.4, -0.2) is 26.6 Å². The highest BCUT2D eigenvalue weighted by Crippen LogP contribution is 2.18. The van der Waals surface area contributed by atoms with Gasteiger partial charge in [0.1, 0.15) is 17.5 Å². The van der Waals surface area contributed by atoms with Gasteiger partial charge in [-0.2, -0.15) is 15.0 Å². The number of aromatic nitrogens is 3. The summed E-state index contributed by atoms with van der Waals surface area (Å²) in [7, 11) is 0. The molecule has 0 aliphatic carbocycles. The highest BCUT2D eigenvalue weighted by molar-refractivity contribution is 7.14. The maximum Gasteiger partial charge on any atom is 0.257 e. The Balaban J connectivity index is 1.67. The zero-order chi connectivity index (χ0) is 17.8. The van der Waals surface area contributed by atoms with Gasteiger partial charge in [0.15, 0.2) is 5.13 Å². The quantitative estimate of drug-likeness (QED) is 0.738. The molecule has 0 bridgehead atoms. The van der Waals surface area contributed by atoms with Gasteiger partial charge in [-0.1, -0.05) is 18.2 Å². The second kappa shape index (κ2) is 6.94. The molecule has 3 rings (SSSR count). The Kier molecular flexibility index (Phi) is 4.54. The normalized spacial score (nSPS) is 10.2. The second-order valence-electron chi connectivity index (χ2n) is 5.00. The molecule has 1 aromatic carbocycles. The van der Waals surface area contributed by atoms with E-state index in [0.717, 1.165) is 4.68 Å². The lowest BCUT2D eigenvalue weighted by Crippen LogP contribution is -2.17. The van der Waals surface area contributed by atoms with Crippen molar-refractivity contribution in [1.82, 2.24) is 14.8 Å². The number of nitriles is 1. The molecule has 0 aliphatic heterocycles. The highest BCUT2D eigenvalue weighted by Gasteiger charge is 2.16. The van der Waals surface area contributed by atoms with Gasteiger partial charge in [-0.05, 0) is 12.1 Å². The summed E-state index contributed by atoms with van der Waals surface area (Å²) in [5.41, 5.74) is 6.82. The summed E-state index contributed by atoms with van der Waals surface area (Å²) in [5.74, 6) is -0.687. The van der Waals surface area contributed by atoms with E-state index in [0.29, 0.717) is 16.4 Å². The van der Waals surface area contributed by atoms with Crippen molar-refractivity contribution < 1.29 is 9.59 Å². The van der Waals surface area contributed by atoms with Crippen LogP contribution in [0.1, 0.15) is 26.4 Å². The van der Waals surface area contributed by atoms with E-state index in [1.54, 1.807) is 29.6 Å². The Morgan fingerprint density at radius 3 is 2.76 bits per heavy atom. The molecule has 1 amide bonds. The van der Waals surface area contributed by atoms with Crippen LogP contribution in [0.3, 0.4) is 0 Å². The van der Waals surface area contributed by atoms with Gasteiger partial charge in [-0.25, -0.2) is 4.98 Å². The van der Waals surface area contributed by atoms with Crippen molar-refractivity contribution in [3.63, 3.8) is 0 Å². The molecule has 8 nitrogen and oxygen atoms in total. The third kappa shape index (κ3) is 3.54. The summed E-state index contributed by atoms with van der Waals surface area (Å²) < 4.78 is 0.972. The van der Waals surface area contributed by atoms with Gasteiger partial charge < -0.3 is 5.73 Å². The molecule has 0 saturated heterocycles. The van der Waals surface area contributed by atoms with Crippen molar-refractivity contribution >= 4 is 34.1 Å². The fraction of sp³-hybridized carbons (Fsp3) is 0.0625. The minimum atomic E-state index is -0.412. The van der Waals surface area contributed by atoms with E-state index >= 15 is 0 Å². The molecule has 3 aromatic rings. The smallest absolute Gasteiger partial charge is 0.257 e. The van der Waals surface area contributed by atoms with Gasteiger partial charge in [0, 0.05) is 10.9 Å². The molecule has 2 aromatic heterocycles. The number of hydrogen-bond donors (Lipinski definition) is 2. The largest absolute Gasteiger partial charge is 0.382 e. The van der Waals surface area contributed by atoms with Crippen molar-refractivity contribution in [2.45, 2.75) is 6.42 Å². The fourth-order valence-corrected chi connectivity index (χ4v) is 2.78. The van der Waals surface area contributed by atoms with Crippen molar-refractivity contribution in [3.05, 3.63) is 58.7 Å². The lowest BCUT2D eigenvalue weighted by atomic mass is 10.2. The average Bonchev–Trinajstić information content (AvgIpc) is 3.21. The molecule has 3 N–H and O–H groups in total. The Bertz CT molecular complexity index is 970. The number of carbonyl (C=O) groups excluding carboxylic acids is 2. The average molecular weight is 352 g/mol. The van der Waals surface area contributed by atoms with Crippen LogP contribution in [0.15, 0.2) is 41.9 Å². The number of nitrogens with one attached hydrogen (secondary N) is 1. The van der Waals surface area contributed by atoms with Crippen LogP contribution < -0.4 is 11.1 Å². The van der Waals surface area contributed by atoms with Crippen LogP contribution in [-0.2, 0) is 6.42 Å². The highest BCUT2D eigenvalue weighted by atomic mass is 32.1. The number of nitrogen functional groups attached to an aromatic ring is 1. The molecule has 2 heterocycles. The number of nitrogens with two attached hydrogens (primary N) is 1. The zero-order valence-electron chi connectivity index (χ0n) is 12.8. The van der Waals surface area contributed by atoms with Crippen LogP contribution in [0.4, 0.5) is 10.9 Å². The van der Waals surface area contributed by atoms with Gasteiger partial charge in [0.05, 0.1) is 18.3 Å². The number of amides is 1. The summed E-state index contributed by atoms with van der Waals surface area (Å²) in [5, 5.41) is 17.4. The van der Waals surface area contributed by atoms with Gasteiger partial charge in [0.25, 0.3) is 11.8 Å². The van der Waals surface area contributed by atoms with E-state index in [9.17, 15) is 9.59 Å². The number of hydrogen-bond acceptors (Lipinski definition) is 7. The van der Waals surface area contributed by atoms with E-state index in [-0.39, 0.29) is 23.7 Å². The first-order chi connectivity index (χ1) is 12.1. The van der Waals surface area contributed by atoms with Crippen LogP contribution >= 0.6 is 11.3 Å². The number of thiazole rings is 1. The molecule has 0 aliphatic rings. The predicted octanol–water partition coefficient (Wildman–Crippen LogP) is 1.93. The monoisotopic (exact) mass is 352 g/mol. The molecule has 0 radical (unpaired) electrons. The minimum Gasteiger partial charge on any atom is -0.382 e. The SMILES string of the molecule is N#Cc1cnn(C(=O)Cc2csc(NC(=O)c3ccccc3)n2)c1N. The van der Waals surface area contributed by atoms with E-state index < -0.39 is 5.91 Å². The van der Waals surface area contributed by atoms with Crippen LogP contribution in [0.5, 0.6) is 0 Å². The number of rotatable bonds is 4. The standard InChI is InChI=1S/C16H12N6O2S/c17-7-11-8-19-22(14(11)18)13(23)6-12-9-25-16(20-12)21-15(24)10-4-2-1-3-5-10/h1-5,8-9H,6,18H2,(H,20,21,24). The Morgan fingerprint density at radius 2 is 2.08 bits per heavy atom. The minimum absolute atomic E-state index is 0.000309. The molecule has 0 unspecified atom stereocenters. The fourth-order valence-electron chi connectivity index (χ4n) is 2.08. The lowest BCUT2D eigenvalue weighted by Gasteiger charge is -2.02. The summed E-state index contributed by atoms with van der Waals surface area (Å²) in [4.78, 5) is 28.5. The van der Waals surface area contributed by atoms with Crippen LogP contribution in [0.2, 0.25) is 0 Å². The Hall–Kier alpha value is -3.51.